The van der Waals surface area contributed by atoms with Crippen molar-refractivity contribution in [3.8, 4) is 0 Å². The van der Waals surface area contributed by atoms with Gasteiger partial charge in [-0.1, -0.05) is 32.6 Å². The van der Waals surface area contributed by atoms with E-state index in [0.717, 1.165) is 13.0 Å². The summed E-state index contributed by atoms with van der Waals surface area (Å²) in [7, 11) is 0. The van der Waals surface area contributed by atoms with Crippen LogP contribution in [0.3, 0.4) is 0 Å². The molecule has 0 aromatic heterocycles. The lowest BCUT2D eigenvalue weighted by atomic mass is 9.79. The standard InChI is InChI=1S/C17H33N3O/c1-15(8-11-18)16(21)19-14-17(9-4-2-5-10-17)20-12-6-3-7-13-20/h15H,2-14,18H2,1H3,(H,19,21). The number of hydrogen-bond acceptors (Lipinski definition) is 3. The normalized spacial score (nSPS) is 24.5. The van der Waals surface area contributed by atoms with E-state index < -0.39 is 0 Å². The van der Waals surface area contributed by atoms with Gasteiger partial charge in [-0.25, -0.2) is 0 Å². The fraction of sp³-hybridized carbons (Fsp3) is 0.941. The molecule has 2 rings (SSSR count). The predicted molar refractivity (Wildman–Crippen MR) is 87.1 cm³/mol. The molecule has 1 amide bonds. The van der Waals surface area contributed by atoms with Crippen molar-refractivity contribution in [1.29, 1.82) is 0 Å². The van der Waals surface area contributed by atoms with Gasteiger partial charge in [0.2, 0.25) is 5.91 Å². The summed E-state index contributed by atoms with van der Waals surface area (Å²) in [4.78, 5) is 14.9. The van der Waals surface area contributed by atoms with Crippen LogP contribution >= 0.6 is 0 Å². The zero-order valence-corrected chi connectivity index (χ0v) is 13.7. The Morgan fingerprint density at radius 1 is 1.14 bits per heavy atom. The molecule has 0 spiro atoms. The van der Waals surface area contributed by atoms with Crippen LogP contribution in [0.2, 0.25) is 0 Å². The number of carbonyl (C=O) groups excluding carboxylic acids is 1. The summed E-state index contributed by atoms with van der Waals surface area (Å²) in [6.07, 6.45) is 11.3. The minimum absolute atomic E-state index is 0.0389. The van der Waals surface area contributed by atoms with Gasteiger partial charge in [0, 0.05) is 18.0 Å². The van der Waals surface area contributed by atoms with Gasteiger partial charge >= 0.3 is 0 Å². The van der Waals surface area contributed by atoms with Gasteiger partial charge in [-0.3, -0.25) is 9.69 Å². The highest BCUT2D eigenvalue weighted by Crippen LogP contribution is 2.35. The number of rotatable bonds is 6. The Hall–Kier alpha value is -0.610. The molecule has 1 unspecified atom stereocenters. The highest BCUT2D eigenvalue weighted by atomic mass is 16.1. The molecule has 122 valence electrons. The average Bonchev–Trinajstić information content (AvgIpc) is 2.54. The van der Waals surface area contributed by atoms with Gasteiger partial charge in [-0.2, -0.15) is 0 Å². The van der Waals surface area contributed by atoms with E-state index in [1.807, 2.05) is 6.92 Å². The average molecular weight is 295 g/mol. The third-order valence-corrected chi connectivity index (χ3v) is 5.45. The fourth-order valence-electron chi connectivity index (χ4n) is 3.99. The molecule has 1 saturated heterocycles. The Morgan fingerprint density at radius 3 is 2.38 bits per heavy atom. The predicted octanol–water partition coefficient (Wildman–Crippen LogP) is 2.28. The van der Waals surface area contributed by atoms with Gasteiger partial charge < -0.3 is 11.1 Å². The number of nitrogens with zero attached hydrogens (tertiary/aromatic N) is 1. The van der Waals surface area contributed by atoms with Gasteiger partial charge in [0.1, 0.15) is 0 Å². The number of nitrogens with two attached hydrogens (primary N) is 1. The summed E-state index contributed by atoms with van der Waals surface area (Å²) in [5.41, 5.74) is 5.79. The number of amides is 1. The van der Waals surface area contributed by atoms with E-state index in [9.17, 15) is 4.79 Å². The smallest absolute Gasteiger partial charge is 0.222 e. The first kappa shape index (κ1) is 16.8. The highest BCUT2D eigenvalue weighted by Gasteiger charge is 2.38. The van der Waals surface area contributed by atoms with Crippen LogP contribution < -0.4 is 11.1 Å². The zero-order valence-electron chi connectivity index (χ0n) is 13.7. The Balaban J connectivity index is 1.94. The lowest BCUT2D eigenvalue weighted by molar-refractivity contribution is -0.125. The first-order valence-corrected chi connectivity index (χ1v) is 8.91. The molecule has 4 heteroatoms. The van der Waals surface area contributed by atoms with E-state index in [-0.39, 0.29) is 17.4 Å². The van der Waals surface area contributed by atoms with Crippen LogP contribution in [0.15, 0.2) is 0 Å². The van der Waals surface area contributed by atoms with Crippen LogP contribution in [0, 0.1) is 5.92 Å². The summed E-state index contributed by atoms with van der Waals surface area (Å²) in [6, 6.07) is 0. The molecular formula is C17H33N3O. The Bertz CT molecular complexity index is 320. The van der Waals surface area contributed by atoms with Crippen molar-refractivity contribution >= 4 is 5.91 Å². The SMILES string of the molecule is CC(CCN)C(=O)NCC1(N2CCCCC2)CCCCC1. The summed E-state index contributed by atoms with van der Waals surface area (Å²) < 4.78 is 0. The lowest BCUT2D eigenvalue weighted by Crippen LogP contribution is -2.58. The molecule has 1 heterocycles. The van der Waals surface area contributed by atoms with Crippen LogP contribution in [0.4, 0.5) is 0 Å². The van der Waals surface area contributed by atoms with Gasteiger partial charge in [0.15, 0.2) is 0 Å². The minimum Gasteiger partial charge on any atom is -0.354 e. The molecule has 1 saturated carbocycles. The van der Waals surface area contributed by atoms with E-state index in [2.05, 4.69) is 10.2 Å². The molecule has 1 aliphatic heterocycles. The van der Waals surface area contributed by atoms with Gasteiger partial charge in [0.05, 0.1) is 0 Å². The molecule has 3 N–H and O–H groups in total. The summed E-state index contributed by atoms with van der Waals surface area (Å²) in [6.45, 7) is 5.84. The molecule has 2 aliphatic rings. The number of carbonyl (C=O) groups is 1. The molecule has 2 fully saturated rings. The maximum absolute atomic E-state index is 12.2. The lowest BCUT2D eigenvalue weighted by Gasteiger charge is -2.48. The number of piperidine rings is 1. The third-order valence-electron chi connectivity index (χ3n) is 5.45. The van der Waals surface area contributed by atoms with Crippen molar-refractivity contribution in [3.63, 3.8) is 0 Å². The summed E-state index contributed by atoms with van der Waals surface area (Å²) in [5, 5.41) is 3.24. The topological polar surface area (TPSA) is 58.4 Å². The highest BCUT2D eigenvalue weighted by molar-refractivity contribution is 5.78. The number of nitrogens with one attached hydrogen (secondary N) is 1. The molecule has 4 nitrogen and oxygen atoms in total. The maximum Gasteiger partial charge on any atom is 0.222 e. The van der Waals surface area contributed by atoms with E-state index in [1.54, 1.807) is 0 Å². The molecule has 1 atom stereocenters. The van der Waals surface area contributed by atoms with E-state index in [0.29, 0.717) is 6.54 Å². The van der Waals surface area contributed by atoms with Crippen LogP contribution in [0.25, 0.3) is 0 Å². The van der Waals surface area contributed by atoms with Crippen LogP contribution in [-0.2, 0) is 4.79 Å². The zero-order chi connectivity index (χ0) is 15.1. The quantitative estimate of drug-likeness (QED) is 0.790. The molecule has 0 aromatic rings. The van der Waals surface area contributed by atoms with Crippen molar-refractivity contribution in [2.45, 2.75) is 70.3 Å². The second kappa shape index (κ2) is 8.14. The third kappa shape index (κ3) is 4.43. The number of hydrogen-bond donors (Lipinski definition) is 2. The van der Waals surface area contributed by atoms with E-state index in [4.69, 9.17) is 5.73 Å². The maximum atomic E-state index is 12.2. The Morgan fingerprint density at radius 2 is 1.76 bits per heavy atom. The molecule has 21 heavy (non-hydrogen) atoms. The van der Waals surface area contributed by atoms with Gasteiger partial charge in [-0.15, -0.1) is 0 Å². The molecular weight excluding hydrogens is 262 g/mol. The summed E-state index contributed by atoms with van der Waals surface area (Å²) >= 11 is 0. The van der Waals surface area contributed by atoms with E-state index in [1.165, 1.54) is 64.5 Å². The monoisotopic (exact) mass is 295 g/mol. The second-order valence-electron chi connectivity index (χ2n) is 7.03. The largest absolute Gasteiger partial charge is 0.354 e. The molecule has 1 aliphatic carbocycles. The van der Waals surface area contributed by atoms with E-state index >= 15 is 0 Å². The first-order valence-electron chi connectivity index (χ1n) is 8.91. The fourth-order valence-corrected chi connectivity index (χ4v) is 3.99. The van der Waals surface area contributed by atoms with Crippen LogP contribution in [-0.4, -0.2) is 42.5 Å². The summed E-state index contributed by atoms with van der Waals surface area (Å²) in [5.74, 6) is 0.222. The van der Waals surface area contributed by atoms with Gasteiger partial charge in [-0.05, 0) is 51.7 Å². The Kier molecular flexibility index (Phi) is 6.49. The second-order valence-corrected chi connectivity index (χ2v) is 7.03. The van der Waals surface area contributed by atoms with Crippen molar-refractivity contribution in [3.05, 3.63) is 0 Å². The van der Waals surface area contributed by atoms with Crippen molar-refractivity contribution < 1.29 is 4.79 Å². The van der Waals surface area contributed by atoms with Crippen molar-refractivity contribution in [2.75, 3.05) is 26.2 Å². The van der Waals surface area contributed by atoms with Crippen molar-refractivity contribution in [1.82, 2.24) is 10.2 Å². The van der Waals surface area contributed by atoms with Gasteiger partial charge in [0.25, 0.3) is 0 Å². The van der Waals surface area contributed by atoms with Crippen molar-refractivity contribution in [2.24, 2.45) is 11.7 Å². The molecule has 0 radical (unpaired) electrons. The first-order chi connectivity index (χ1) is 10.2. The van der Waals surface area contributed by atoms with Crippen LogP contribution in [0.1, 0.15) is 64.7 Å². The Labute approximate surface area is 129 Å². The minimum atomic E-state index is 0.0389. The number of likely N-dealkylation sites (tertiary alicyclic amines) is 1. The van der Waals surface area contributed by atoms with Crippen LogP contribution in [0.5, 0.6) is 0 Å². The molecule has 0 bridgehead atoms. The molecule has 0 aromatic carbocycles.